The number of carbonyl (C=O) groups is 1. The van der Waals surface area contributed by atoms with E-state index in [-0.39, 0.29) is 24.1 Å². The standard InChI is InChI=1S/C11H14FNO2S/c1-8-2-3-9(6-10(8)12)13-11(15)7-16-5-4-14/h2-3,6,14H,4-5,7H2,1H3,(H,13,15). The van der Waals surface area contributed by atoms with Gasteiger partial charge >= 0.3 is 0 Å². The maximum absolute atomic E-state index is 13.1. The maximum atomic E-state index is 13.1. The van der Waals surface area contributed by atoms with Gasteiger partial charge in [0.05, 0.1) is 12.4 Å². The fraction of sp³-hybridized carbons (Fsp3) is 0.364. The van der Waals surface area contributed by atoms with E-state index in [0.717, 1.165) is 0 Å². The second kappa shape index (κ2) is 6.50. The van der Waals surface area contributed by atoms with Gasteiger partial charge in [-0.05, 0) is 24.6 Å². The summed E-state index contributed by atoms with van der Waals surface area (Å²) >= 11 is 1.33. The Morgan fingerprint density at radius 2 is 2.31 bits per heavy atom. The number of amides is 1. The van der Waals surface area contributed by atoms with Crippen molar-refractivity contribution < 1.29 is 14.3 Å². The molecule has 1 rings (SSSR count). The first-order valence-electron chi connectivity index (χ1n) is 4.88. The molecule has 0 aliphatic carbocycles. The van der Waals surface area contributed by atoms with E-state index in [9.17, 15) is 9.18 Å². The van der Waals surface area contributed by atoms with Crippen molar-refractivity contribution in [2.75, 3.05) is 23.4 Å². The lowest BCUT2D eigenvalue weighted by atomic mass is 10.2. The van der Waals surface area contributed by atoms with Crippen molar-refractivity contribution in [2.45, 2.75) is 6.92 Å². The summed E-state index contributed by atoms with van der Waals surface area (Å²) in [4.78, 5) is 11.3. The number of carbonyl (C=O) groups excluding carboxylic acids is 1. The lowest BCUT2D eigenvalue weighted by Gasteiger charge is -2.05. The summed E-state index contributed by atoms with van der Waals surface area (Å²) in [6.45, 7) is 1.72. The Morgan fingerprint density at radius 1 is 1.56 bits per heavy atom. The van der Waals surface area contributed by atoms with Gasteiger partial charge in [0, 0.05) is 11.4 Å². The zero-order valence-corrected chi connectivity index (χ0v) is 9.81. The van der Waals surface area contributed by atoms with Crippen LogP contribution in [0.25, 0.3) is 0 Å². The Hall–Kier alpha value is -1.07. The molecule has 0 fully saturated rings. The zero-order valence-electron chi connectivity index (χ0n) is 9.00. The molecule has 3 nitrogen and oxygen atoms in total. The smallest absolute Gasteiger partial charge is 0.234 e. The fourth-order valence-electron chi connectivity index (χ4n) is 1.10. The quantitative estimate of drug-likeness (QED) is 0.775. The average Bonchev–Trinajstić information content (AvgIpc) is 2.24. The molecular formula is C11H14FNO2S. The number of hydrogen-bond acceptors (Lipinski definition) is 3. The molecule has 88 valence electrons. The van der Waals surface area contributed by atoms with Crippen LogP contribution < -0.4 is 5.32 Å². The van der Waals surface area contributed by atoms with Gasteiger partial charge in [-0.3, -0.25) is 4.79 Å². The highest BCUT2D eigenvalue weighted by Gasteiger charge is 2.04. The van der Waals surface area contributed by atoms with Crippen LogP contribution in [0.3, 0.4) is 0 Å². The molecule has 0 unspecified atom stereocenters. The van der Waals surface area contributed by atoms with Crippen LogP contribution >= 0.6 is 11.8 Å². The summed E-state index contributed by atoms with van der Waals surface area (Å²) in [7, 11) is 0. The fourth-order valence-corrected chi connectivity index (χ4v) is 1.63. The van der Waals surface area contributed by atoms with Gasteiger partial charge in [-0.25, -0.2) is 4.39 Å². The number of nitrogens with one attached hydrogen (secondary N) is 1. The summed E-state index contributed by atoms with van der Waals surface area (Å²) in [5.74, 6) is 0.258. The second-order valence-electron chi connectivity index (χ2n) is 3.29. The highest BCUT2D eigenvalue weighted by molar-refractivity contribution is 7.99. The third kappa shape index (κ3) is 4.20. The van der Waals surface area contributed by atoms with Crippen LogP contribution in [-0.2, 0) is 4.79 Å². The number of rotatable bonds is 5. The van der Waals surface area contributed by atoms with Crippen molar-refractivity contribution in [2.24, 2.45) is 0 Å². The van der Waals surface area contributed by atoms with Gasteiger partial charge in [0.15, 0.2) is 0 Å². The van der Waals surface area contributed by atoms with Crippen molar-refractivity contribution >= 4 is 23.4 Å². The normalized spacial score (nSPS) is 10.2. The zero-order chi connectivity index (χ0) is 12.0. The minimum absolute atomic E-state index is 0.0527. The van der Waals surface area contributed by atoms with E-state index in [0.29, 0.717) is 17.0 Å². The first kappa shape index (κ1) is 13.0. The van der Waals surface area contributed by atoms with Crippen molar-refractivity contribution in [1.82, 2.24) is 0 Å². The molecule has 2 N–H and O–H groups in total. The van der Waals surface area contributed by atoms with Gasteiger partial charge in [-0.2, -0.15) is 0 Å². The van der Waals surface area contributed by atoms with Gasteiger partial charge in [0.2, 0.25) is 5.91 Å². The summed E-state index contributed by atoms with van der Waals surface area (Å²) in [6, 6.07) is 4.57. The van der Waals surface area contributed by atoms with Gasteiger partial charge in [0.25, 0.3) is 0 Å². The van der Waals surface area contributed by atoms with Gasteiger partial charge in [-0.1, -0.05) is 6.07 Å². The molecule has 0 bridgehead atoms. The third-order valence-corrected chi connectivity index (χ3v) is 2.86. The van der Waals surface area contributed by atoms with E-state index >= 15 is 0 Å². The van der Waals surface area contributed by atoms with E-state index in [4.69, 9.17) is 5.11 Å². The first-order valence-corrected chi connectivity index (χ1v) is 6.03. The summed E-state index contributed by atoms with van der Waals surface area (Å²) in [6.07, 6.45) is 0. The van der Waals surface area contributed by atoms with E-state index in [2.05, 4.69) is 5.32 Å². The molecule has 0 aliphatic rings. The SMILES string of the molecule is Cc1ccc(NC(=O)CSCCO)cc1F. The molecule has 0 saturated heterocycles. The molecule has 16 heavy (non-hydrogen) atoms. The molecule has 1 amide bonds. The lowest BCUT2D eigenvalue weighted by Crippen LogP contribution is -2.14. The van der Waals surface area contributed by atoms with Crippen LogP contribution in [0, 0.1) is 12.7 Å². The van der Waals surface area contributed by atoms with E-state index in [1.165, 1.54) is 17.8 Å². The molecule has 0 saturated carbocycles. The topological polar surface area (TPSA) is 49.3 Å². The van der Waals surface area contributed by atoms with Crippen molar-refractivity contribution in [3.05, 3.63) is 29.6 Å². The molecule has 0 radical (unpaired) electrons. The average molecular weight is 243 g/mol. The predicted molar refractivity (Wildman–Crippen MR) is 64.2 cm³/mol. The monoisotopic (exact) mass is 243 g/mol. The Labute approximate surface area is 98.1 Å². The number of anilines is 1. The number of hydrogen-bond donors (Lipinski definition) is 2. The number of thioether (sulfide) groups is 1. The van der Waals surface area contributed by atoms with Crippen LogP contribution in [0.4, 0.5) is 10.1 Å². The molecule has 0 aromatic heterocycles. The van der Waals surface area contributed by atoms with Gasteiger partial charge < -0.3 is 10.4 Å². The number of aliphatic hydroxyl groups excluding tert-OH is 1. The molecule has 5 heteroatoms. The highest BCUT2D eigenvalue weighted by atomic mass is 32.2. The largest absolute Gasteiger partial charge is 0.396 e. The maximum Gasteiger partial charge on any atom is 0.234 e. The predicted octanol–water partition coefficient (Wildman–Crippen LogP) is 1.80. The molecule has 0 aliphatic heterocycles. The Morgan fingerprint density at radius 3 is 2.94 bits per heavy atom. The van der Waals surface area contributed by atoms with Crippen LogP contribution in [0.1, 0.15) is 5.56 Å². The second-order valence-corrected chi connectivity index (χ2v) is 4.39. The van der Waals surface area contributed by atoms with Crippen molar-refractivity contribution in [3.8, 4) is 0 Å². The van der Waals surface area contributed by atoms with Crippen LogP contribution in [0.15, 0.2) is 18.2 Å². The Kier molecular flexibility index (Phi) is 5.28. The minimum atomic E-state index is -0.333. The highest BCUT2D eigenvalue weighted by Crippen LogP contribution is 2.13. The lowest BCUT2D eigenvalue weighted by molar-refractivity contribution is -0.113. The number of benzene rings is 1. The van der Waals surface area contributed by atoms with Gasteiger partial charge in [0.1, 0.15) is 5.82 Å². The van der Waals surface area contributed by atoms with E-state index < -0.39 is 0 Å². The number of aliphatic hydroxyl groups is 1. The summed E-state index contributed by atoms with van der Waals surface area (Å²) < 4.78 is 13.1. The van der Waals surface area contributed by atoms with Crippen LogP contribution in [0.5, 0.6) is 0 Å². The molecule has 0 spiro atoms. The van der Waals surface area contributed by atoms with Gasteiger partial charge in [-0.15, -0.1) is 11.8 Å². The molecular weight excluding hydrogens is 229 g/mol. The Bertz CT molecular complexity index is 371. The number of aryl methyl sites for hydroxylation is 1. The van der Waals surface area contributed by atoms with E-state index in [1.54, 1.807) is 19.1 Å². The molecule has 0 atom stereocenters. The minimum Gasteiger partial charge on any atom is -0.396 e. The molecule has 1 aromatic rings. The molecule has 0 heterocycles. The van der Waals surface area contributed by atoms with Crippen molar-refractivity contribution in [3.63, 3.8) is 0 Å². The summed E-state index contributed by atoms with van der Waals surface area (Å²) in [5.41, 5.74) is 1.00. The first-order chi connectivity index (χ1) is 7.63. The number of halogens is 1. The van der Waals surface area contributed by atoms with Crippen molar-refractivity contribution in [1.29, 1.82) is 0 Å². The van der Waals surface area contributed by atoms with Crippen LogP contribution in [0.2, 0.25) is 0 Å². The van der Waals surface area contributed by atoms with Crippen LogP contribution in [-0.4, -0.2) is 29.1 Å². The Balaban J connectivity index is 2.46. The van der Waals surface area contributed by atoms with E-state index in [1.807, 2.05) is 0 Å². The molecule has 1 aromatic carbocycles. The third-order valence-electron chi connectivity index (χ3n) is 1.92. The summed E-state index contributed by atoms with van der Waals surface area (Å²) in [5, 5.41) is 11.1.